The molecule has 1 fully saturated rings. The van der Waals surface area contributed by atoms with E-state index in [-0.39, 0.29) is 12.5 Å². The van der Waals surface area contributed by atoms with Gasteiger partial charge in [0.05, 0.1) is 15.6 Å². The van der Waals surface area contributed by atoms with E-state index in [9.17, 15) is 4.79 Å². The van der Waals surface area contributed by atoms with Crippen LogP contribution in [-0.2, 0) is 6.61 Å². The number of carbonyl (C=O) groups is 1. The van der Waals surface area contributed by atoms with Crippen LogP contribution in [0.2, 0.25) is 10.0 Å². The van der Waals surface area contributed by atoms with Gasteiger partial charge in [0.1, 0.15) is 6.61 Å². The second-order valence-corrected chi connectivity index (χ2v) is 7.89. The highest BCUT2D eigenvalue weighted by atomic mass is 35.5. The number of hydrogen-bond acceptors (Lipinski definition) is 3. The van der Waals surface area contributed by atoms with Crippen molar-refractivity contribution in [2.45, 2.75) is 26.9 Å². The Morgan fingerprint density at radius 2 is 1.85 bits per heavy atom. The minimum atomic E-state index is 0.0218. The topological polar surface area (TPSA) is 42.4 Å². The zero-order valence-corrected chi connectivity index (χ0v) is 16.4. The van der Waals surface area contributed by atoms with Gasteiger partial charge < -0.3 is 9.64 Å². The smallest absolute Gasteiger partial charge is 0.255 e. The van der Waals surface area contributed by atoms with Crippen molar-refractivity contribution in [1.29, 1.82) is 0 Å². The molecular formula is C20H22Cl2N2O2. The molecule has 0 radical (unpaired) electrons. The maximum atomic E-state index is 12.8. The van der Waals surface area contributed by atoms with Crippen LogP contribution in [0.3, 0.4) is 0 Å². The summed E-state index contributed by atoms with van der Waals surface area (Å²) in [6.07, 6.45) is 4.45. The number of piperidine rings is 1. The lowest BCUT2D eigenvalue weighted by Crippen LogP contribution is -2.42. The van der Waals surface area contributed by atoms with Crippen molar-refractivity contribution in [1.82, 2.24) is 9.88 Å². The summed E-state index contributed by atoms with van der Waals surface area (Å²) < 4.78 is 5.74. The predicted molar refractivity (Wildman–Crippen MR) is 104 cm³/mol. The van der Waals surface area contributed by atoms with Crippen molar-refractivity contribution in [3.05, 3.63) is 57.8 Å². The summed E-state index contributed by atoms with van der Waals surface area (Å²) >= 11 is 12.2. The van der Waals surface area contributed by atoms with Gasteiger partial charge in [0.15, 0.2) is 5.75 Å². The molecule has 2 aromatic rings. The van der Waals surface area contributed by atoms with Crippen LogP contribution in [0.5, 0.6) is 5.75 Å². The van der Waals surface area contributed by atoms with E-state index in [1.165, 1.54) is 0 Å². The standard InChI is InChI=1S/C20H22Cl2N2O2/c1-13-6-14(2)11-24(10-13)20(25)16-7-15(8-23-9-16)12-26-19-17(21)4-3-5-18(19)22/h3-5,7-9,13-14H,6,10-12H2,1-2H3. The number of carbonyl (C=O) groups excluding carboxylic acids is 1. The second-order valence-electron chi connectivity index (χ2n) is 7.08. The Labute approximate surface area is 164 Å². The molecule has 1 amide bonds. The molecule has 2 heterocycles. The molecule has 1 saturated heterocycles. The summed E-state index contributed by atoms with van der Waals surface area (Å²) in [5.41, 5.74) is 1.38. The molecule has 1 aromatic carbocycles. The van der Waals surface area contributed by atoms with Crippen LogP contribution in [0, 0.1) is 11.8 Å². The fraction of sp³-hybridized carbons (Fsp3) is 0.400. The third-order valence-electron chi connectivity index (χ3n) is 4.50. The molecule has 2 atom stereocenters. The third kappa shape index (κ3) is 4.49. The predicted octanol–water partition coefficient (Wildman–Crippen LogP) is 5.09. The van der Waals surface area contributed by atoms with Gasteiger partial charge in [-0.2, -0.15) is 0 Å². The first-order valence-corrected chi connectivity index (χ1v) is 9.49. The first kappa shape index (κ1) is 19.0. The molecule has 4 nitrogen and oxygen atoms in total. The lowest BCUT2D eigenvalue weighted by Gasteiger charge is -2.35. The number of rotatable bonds is 4. The zero-order valence-electron chi connectivity index (χ0n) is 14.9. The minimum Gasteiger partial charge on any atom is -0.486 e. The highest BCUT2D eigenvalue weighted by Crippen LogP contribution is 2.33. The summed E-state index contributed by atoms with van der Waals surface area (Å²) in [4.78, 5) is 19.0. The molecule has 2 unspecified atom stereocenters. The number of halogens is 2. The van der Waals surface area contributed by atoms with E-state index < -0.39 is 0 Å². The molecule has 3 rings (SSSR count). The number of ether oxygens (including phenoxy) is 1. The van der Waals surface area contributed by atoms with E-state index in [1.807, 2.05) is 11.0 Å². The van der Waals surface area contributed by atoms with E-state index in [0.717, 1.165) is 25.1 Å². The fourth-order valence-electron chi connectivity index (χ4n) is 3.47. The molecule has 0 N–H and O–H groups in total. The molecule has 0 aliphatic carbocycles. The lowest BCUT2D eigenvalue weighted by molar-refractivity contribution is 0.0622. The number of likely N-dealkylation sites (tertiary alicyclic amines) is 1. The van der Waals surface area contributed by atoms with Gasteiger partial charge in [0, 0.05) is 31.0 Å². The van der Waals surface area contributed by atoms with Crippen LogP contribution in [0.1, 0.15) is 36.2 Å². The van der Waals surface area contributed by atoms with Crippen molar-refractivity contribution in [3.8, 4) is 5.75 Å². The van der Waals surface area contributed by atoms with Crippen LogP contribution in [0.15, 0.2) is 36.7 Å². The highest BCUT2D eigenvalue weighted by molar-refractivity contribution is 6.37. The molecule has 1 aliphatic heterocycles. The number of nitrogens with zero attached hydrogens (tertiary/aromatic N) is 2. The van der Waals surface area contributed by atoms with Gasteiger partial charge >= 0.3 is 0 Å². The molecule has 0 spiro atoms. The maximum Gasteiger partial charge on any atom is 0.255 e. The molecule has 6 heteroatoms. The molecule has 138 valence electrons. The Balaban J connectivity index is 1.71. The molecule has 1 aliphatic rings. The number of pyridine rings is 1. The summed E-state index contributed by atoms with van der Waals surface area (Å²) in [5, 5.41) is 0.906. The number of hydrogen-bond donors (Lipinski definition) is 0. The van der Waals surface area contributed by atoms with E-state index in [0.29, 0.717) is 33.2 Å². The average molecular weight is 393 g/mol. The quantitative estimate of drug-likeness (QED) is 0.727. The Kier molecular flexibility index (Phi) is 6.05. The summed E-state index contributed by atoms with van der Waals surface area (Å²) in [6, 6.07) is 7.03. The van der Waals surface area contributed by atoms with Gasteiger partial charge in [0.2, 0.25) is 0 Å². The number of benzene rings is 1. The number of amides is 1. The maximum absolute atomic E-state index is 12.8. The Morgan fingerprint density at radius 1 is 1.19 bits per heavy atom. The van der Waals surface area contributed by atoms with Gasteiger partial charge in [-0.25, -0.2) is 0 Å². The van der Waals surface area contributed by atoms with E-state index in [2.05, 4.69) is 18.8 Å². The van der Waals surface area contributed by atoms with Gasteiger partial charge in [-0.3, -0.25) is 9.78 Å². The minimum absolute atomic E-state index is 0.0218. The monoisotopic (exact) mass is 392 g/mol. The zero-order chi connectivity index (χ0) is 18.7. The first-order valence-electron chi connectivity index (χ1n) is 8.74. The summed E-state index contributed by atoms with van der Waals surface area (Å²) in [5.74, 6) is 1.49. The normalized spacial score (nSPS) is 20.1. The van der Waals surface area contributed by atoms with Crippen molar-refractivity contribution >= 4 is 29.1 Å². The fourth-order valence-corrected chi connectivity index (χ4v) is 3.98. The van der Waals surface area contributed by atoms with Crippen molar-refractivity contribution in [3.63, 3.8) is 0 Å². The Bertz CT molecular complexity index is 767. The molecule has 1 aromatic heterocycles. The van der Waals surface area contributed by atoms with Crippen molar-refractivity contribution in [2.24, 2.45) is 11.8 Å². The molecule has 0 bridgehead atoms. The van der Waals surface area contributed by atoms with Crippen LogP contribution >= 0.6 is 23.2 Å². The number of aromatic nitrogens is 1. The molecule has 0 saturated carbocycles. The lowest BCUT2D eigenvalue weighted by atomic mass is 9.91. The number of para-hydroxylation sites is 1. The Hall–Kier alpha value is -1.78. The van der Waals surface area contributed by atoms with E-state index >= 15 is 0 Å². The Morgan fingerprint density at radius 3 is 2.50 bits per heavy atom. The van der Waals surface area contributed by atoms with Crippen molar-refractivity contribution < 1.29 is 9.53 Å². The summed E-state index contributed by atoms with van der Waals surface area (Å²) in [6.45, 7) is 6.19. The SMILES string of the molecule is CC1CC(C)CN(C(=O)c2cncc(COc3c(Cl)cccc3Cl)c2)C1. The van der Waals surface area contributed by atoms with Gasteiger partial charge in [-0.15, -0.1) is 0 Å². The van der Waals surface area contributed by atoms with E-state index in [4.69, 9.17) is 27.9 Å². The molecular weight excluding hydrogens is 371 g/mol. The first-order chi connectivity index (χ1) is 12.4. The van der Waals surface area contributed by atoms with Crippen LogP contribution < -0.4 is 4.74 Å². The average Bonchev–Trinajstić information content (AvgIpc) is 2.60. The largest absolute Gasteiger partial charge is 0.486 e. The van der Waals surface area contributed by atoms with Gasteiger partial charge in [-0.1, -0.05) is 43.1 Å². The second kappa shape index (κ2) is 8.28. The van der Waals surface area contributed by atoms with E-state index in [1.54, 1.807) is 30.6 Å². The van der Waals surface area contributed by atoms with Crippen LogP contribution in [0.4, 0.5) is 0 Å². The van der Waals surface area contributed by atoms with Crippen LogP contribution in [0.25, 0.3) is 0 Å². The van der Waals surface area contributed by atoms with Crippen LogP contribution in [-0.4, -0.2) is 28.9 Å². The van der Waals surface area contributed by atoms with Crippen molar-refractivity contribution in [2.75, 3.05) is 13.1 Å². The van der Waals surface area contributed by atoms with Gasteiger partial charge in [0.25, 0.3) is 5.91 Å². The highest BCUT2D eigenvalue weighted by Gasteiger charge is 2.26. The summed E-state index contributed by atoms with van der Waals surface area (Å²) in [7, 11) is 0. The molecule has 26 heavy (non-hydrogen) atoms. The third-order valence-corrected chi connectivity index (χ3v) is 5.10. The van der Waals surface area contributed by atoms with Gasteiger partial charge in [-0.05, 0) is 36.5 Å².